The minimum Gasteiger partial charge on any atom is -0.399 e. The van der Waals surface area contributed by atoms with Crippen molar-refractivity contribution >= 4 is 32.4 Å². The van der Waals surface area contributed by atoms with Gasteiger partial charge in [-0.15, -0.1) is 0 Å². The summed E-state index contributed by atoms with van der Waals surface area (Å²) in [5, 5.41) is 0. The highest BCUT2D eigenvalue weighted by molar-refractivity contribution is 9.10. The van der Waals surface area contributed by atoms with Crippen LogP contribution >= 0.6 is 15.9 Å². The lowest BCUT2D eigenvalue weighted by Crippen LogP contribution is -2.02. The van der Waals surface area contributed by atoms with Gasteiger partial charge in [0.25, 0.3) is 0 Å². The topological polar surface area (TPSA) is 43.1 Å². The maximum Gasteiger partial charge on any atom is 0.0500 e. The standard InChI is InChI=1S/C15H16BrNOS/c1-11-4-2-3-5-12(11)9-19(18)10-13-6-7-14(17)8-15(13)16/h2-8H,9-10,17H2,1H3. The van der Waals surface area contributed by atoms with Crippen LogP contribution in [0.15, 0.2) is 46.9 Å². The van der Waals surface area contributed by atoms with E-state index in [0.29, 0.717) is 17.2 Å². The van der Waals surface area contributed by atoms with Gasteiger partial charge in [-0.1, -0.05) is 46.3 Å². The van der Waals surface area contributed by atoms with Gasteiger partial charge in [0.1, 0.15) is 0 Å². The molecule has 0 radical (unpaired) electrons. The fourth-order valence-electron chi connectivity index (χ4n) is 1.85. The summed E-state index contributed by atoms with van der Waals surface area (Å²) in [5.74, 6) is 1.12. The van der Waals surface area contributed by atoms with E-state index in [1.165, 1.54) is 5.56 Å². The smallest absolute Gasteiger partial charge is 0.0500 e. The molecule has 0 heterocycles. The highest BCUT2D eigenvalue weighted by Crippen LogP contribution is 2.22. The highest BCUT2D eigenvalue weighted by Gasteiger charge is 2.08. The van der Waals surface area contributed by atoms with Crippen LogP contribution < -0.4 is 5.73 Å². The van der Waals surface area contributed by atoms with Crippen molar-refractivity contribution in [3.8, 4) is 0 Å². The summed E-state index contributed by atoms with van der Waals surface area (Å²) in [6.07, 6.45) is 0. The van der Waals surface area contributed by atoms with Crippen LogP contribution in [0.4, 0.5) is 5.69 Å². The van der Waals surface area contributed by atoms with Crippen LogP contribution in [-0.2, 0) is 22.3 Å². The first-order chi connectivity index (χ1) is 9.06. The lowest BCUT2D eigenvalue weighted by molar-refractivity contribution is 0.682. The van der Waals surface area contributed by atoms with Gasteiger partial charge in [0.15, 0.2) is 0 Å². The number of aryl methyl sites for hydroxylation is 1. The monoisotopic (exact) mass is 337 g/mol. The van der Waals surface area contributed by atoms with Gasteiger partial charge in [-0.05, 0) is 35.7 Å². The second-order valence-electron chi connectivity index (χ2n) is 4.51. The van der Waals surface area contributed by atoms with Crippen molar-refractivity contribution in [2.45, 2.75) is 18.4 Å². The Morgan fingerprint density at radius 2 is 1.79 bits per heavy atom. The maximum atomic E-state index is 12.2. The quantitative estimate of drug-likeness (QED) is 0.862. The number of nitrogen functional groups attached to an aromatic ring is 1. The first-order valence-corrected chi connectivity index (χ1v) is 8.28. The molecule has 4 heteroatoms. The normalized spacial score (nSPS) is 12.3. The van der Waals surface area contributed by atoms with Gasteiger partial charge in [-0.25, -0.2) is 0 Å². The van der Waals surface area contributed by atoms with Gasteiger partial charge in [0, 0.05) is 32.5 Å². The number of hydrogen-bond acceptors (Lipinski definition) is 2. The average molecular weight is 338 g/mol. The van der Waals surface area contributed by atoms with Crippen LogP contribution in [-0.4, -0.2) is 4.21 Å². The Kier molecular flexibility index (Phi) is 4.77. The Bertz CT molecular complexity index is 613. The molecule has 0 saturated heterocycles. The molecule has 1 atom stereocenters. The lowest BCUT2D eigenvalue weighted by Gasteiger charge is -2.08. The minimum absolute atomic E-state index is 0.537. The van der Waals surface area contributed by atoms with E-state index >= 15 is 0 Å². The molecule has 2 rings (SSSR count). The number of hydrogen-bond donors (Lipinski definition) is 1. The molecule has 0 aliphatic heterocycles. The van der Waals surface area contributed by atoms with E-state index < -0.39 is 10.8 Å². The summed E-state index contributed by atoms with van der Waals surface area (Å²) in [6.45, 7) is 2.05. The molecule has 0 saturated carbocycles. The molecule has 100 valence electrons. The van der Waals surface area contributed by atoms with Crippen LogP contribution in [0.3, 0.4) is 0 Å². The average Bonchev–Trinajstić information content (AvgIpc) is 2.36. The summed E-state index contributed by atoms with van der Waals surface area (Å²) in [7, 11) is -0.920. The predicted octanol–water partition coefficient (Wildman–Crippen LogP) is 3.79. The molecule has 0 fully saturated rings. The SMILES string of the molecule is Cc1ccccc1CS(=O)Cc1ccc(N)cc1Br. The predicted molar refractivity (Wildman–Crippen MR) is 85.3 cm³/mol. The molecule has 0 amide bonds. The molecule has 0 aliphatic carbocycles. The van der Waals surface area contributed by atoms with Gasteiger partial charge in [-0.2, -0.15) is 0 Å². The lowest BCUT2D eigenvalue weighted by atomic mass is 10.1. The second kappa shape index (κ2) is 6.35. The van der Waals surface area contributed by atoms with Crippen LogP contribution in [0.1, 0.15) is 16.7 Å². The van der Waals surface area contributed by atoms with E-state index in [1.54, 1.807) is 0 Å². The number of benzene rings is 2. The van der Waals surface area contributed by atoms with Gasteiger partial charge < -0.3 is 5.73 Å². The molecule has 2 aromatic carbocycles. The Hall–Kier alpha value is -1.13. The van der Waals surface area contributed by atoms with Crippen molar-refractivity contribution in [2.24, 2.45) is 0 Å². The number of anilines is 1. The van der Waals surface area contributed by atoms with Crippen LogP contribution in [0, 0.1) is 6.92 Å². The Morgan fingerprint density at radius 1 is 1.11 bits per heavy atom. The van der Waals surface area contributed by atoms with Gasteiger partial charge in [-0.3, -0.25) is 4.21 Å². The molecule has 0 spiro atoms. The molecule has 19 heavy (non-hydrogen) atoms. The fourth-order valence-corrected chi connectivity index (χ4v) is 3.94. The Labute approximate surface area is 124 Å². The van der Waals surface area contributed by atoms with Gasteiger partial charge in [0.05, 0.1) is 0 Å². The second-order valence-corrected chi connectivity index (χ2v) is 6.82. The van der Waals surface area contributed by atoms with E-state index in [9.17, 15) is 4.21 Å². The van der Waals surface area contributed by atoms with E-state index in [0.717, 1.165) is 15.6 Å². The molecule has 2 nitrogen and oxygen atoms in total. The van der Waals surface area contributed by atoms with Gasteiger partial charge in [0.2, 0.25) is 0 Å². The highest BCUT2D eigenvalue weighted by atomic mass is 79.9. The van der Waals surface area contributed by atoms with Crippen LogP contribution in [0.25, 0.3) is 0 Å². The van der Waals surface area contributed by atoms with Crippen molar-refractivity contribution in [3.63, 3.8) is 0 Å². The first-order valence-electron chi connectivity index (χ1n) is 5.99. The number of halogens is 1. The molecular formula is C15H16BrNOS. The van der Waals surface area contributed by atoms with Crippen molar-refractivity contribution < 1.29 is 4.21 Å². The van der Waals surface area contributed by atoms with E-state index in [2.05, 4.69) is 15.9 Å². The van der Waals surface area contributed by atoms with Crippen LogP contribution in [0.2, 0.25) is 0 Å². The van der Waals surface area contributed by atoms with E-state index in [-0.39, 0.29) is 0 Å². The molecule has 0 aliphatic rings. The summed E-state index contributed by atoms with van der Waals surface area (Å²) in [4.78, 5) is 0. The van der Waals surface area contributed by atoms with Crippen molar-refractivity contribution in [3.05, 3.63) is 63.6 Å². The molecule has 0 aromatic heterocycles. The zero-order valence-electron chi connectivity index (χ0n) is 10.7. The third-order valence-corrected chi connectivity index (χ3v) is 4.98. The van der Waals surface area contributed by atoms with E-state index in [4.69, 9.17) is 5.73 Å². The summed E-state index contributed by atoms with van der Waals surface area (Å²) in [6, 6.07) is 13.7. The van der Waals surface area contributed by atoms with Crippen molar-refractivity contribution in [1.82, 2.24) is 0 Å². The molecule has 2 N–H and O–H groups in total. The molecule has 1 unspecified atom stereocenters. The minimum atomic E-state index is -0.920. The zero-order valence-corrected chi connectivity index (χ0v) is 13.1. The third kappa shape index (κ3) is 3.91. The van der Waals surface area contributed by atoms with Crippen molar-refractivity contribution in [1.29, 1.82) is 0 Å². The summed E-state index contributed by atoms with van der Waals surface area (Å²) >= 11 is 3.46. The summed E-state index contributed by atoms with van der Waals surface area (Å²) < 4.78 is 13.2. The summed E-state index contributed by atoms with van der Waals surface area (Å²) in [5.41, 5.74) is 9.77. The Balaban J connectivity index is 2.08. The number of nitrogens with two attached hydrogens (primary N) is 1. The zero-order chi connectivity index (χ0) is 13.8. The largest absolute Gasteiger partial charge is 0.399 e. The molecule has 0 bridgehead atoms. The van der Waals surface area contributed by atoms with Crippen molar-refractivity contribution in [2.75, 3.05) is 5.73 Å². The maximum absolute atomic E-state index is 12.2. The van der Waals surface area contributed by atoms with Crippen LogP contribution in [0.5, 0.6) is 0 Å². The third-order valence-electron chi connectivity index (χ3n) is 2.97. The number of rotatable bonds is 4. The fraction of sp³-hybridized carbons (Fsp3) is 0.200. The molecule has 2 aromatic rings. The molecular weight excluding hydrogens is 322 g/mol. The van der Waals surface area contributed by atoms with Gasteiger partial charge >= 0.3 is 0 Å². The van der Waals surface area contributed by atoms with E-state index in [1.807, 2.05) is 49.4 Å². The first kappa shape index (κ1) is 14.3. The Morgan fingerprint density at radius 3 is 2.47 bits per heavy atom.